The molecule has 0 amide bonds. The Morgan fingerprint density at radius 2 is 1.94 bits per heavy atom. The largest absolute Gasteiger partial charge is 0.465 e. The van der Waals surface area contributed by atoms with Crippen LogP contribution in [0.4, 0.5) is 0 Å². The molecule has 0 saturated heterocycles. The fourth-order valence-corrected chi connectivity index (χ4v) is 1.35. The molecule has 0 aromatic carbocycles. The molecule has 0 bridgehead atoms. The average Bonchev–Trinajstić information content (AvgIpc) is 2.35. The Bertz CT molecular complexity index is 276. The molecule has 0 fully saturated rings. The van der Waals surface area contributed by atoms with E-state index in [0.29, 0.717) is 12.9 Å². The summed E-state index contributed by atoms with van der Waals surface area (Å²) in [4.78, 5) is 34.1. The van der Waals surface area contributed by atoms with Crippen molar-refractivity contribution >= 4 is 18.0 Å². The van der Waals surface area contributed by atoms with Crippen molar-refractivity contribution < 1.29 is 28.6 Å². The molecule has 0 aromatic heterocycles. The molecule has 6 heteroatoms. The van der Waals surface area contributed by atoms with Crippen LogP contribution in [0.5, 0.6) is 0 Å². The van der Waals surface area contributed by atoms with Crippen molar-refractivity contribution in [2.45, 2.75) is 13.8 Å². The van der Waals surface area contributed by atoms with Crippen molar-refractivity contribution in [3.63, 3.8) is 0 Å². The molecular formula is C12H20O6. The summed E-state index contributed by atoms with van der Waals surface area (Å²) in [6.07, 6.45) is 0.564. The maximum atomic E-state index is 11.8. The number of Topliss-reactive ketones (excluding diaryl/α,β-unsaturated/α-hetero) is 1. The maximum absolute atomic E-state index is 11.8. The predicted molar refractivity (Wildman–Crippen MR) is 63.1 cm³/mol. The zero-order valence-corrected chi connectivity index (χ0v) is 11.0. The van der Waals surface area contributed by atoms with Gasteiger partial charge in [0.15, 0.2) is 5.78 Å². The summed E-state index contributed by atoms with van der Waals surface area (Å²) >= 11 is 0. The van der Waals surface area contributed by atoms with Crippen LogP contribution in [-0.4, -0.2) is 51.6 Å². The Kier molecular flexibility index (Phi) is 9.04. The van der Waals surface area contributed by atoms with Crippen LogP contribution in [0.1, 0.15) is 13.8 Å². The first-order valence-corrected chi connectivity index (χ1v) is 5.79. The normalized spacial score (nSPS) is 13.7. The Morgan fingerprint density at radius 1 is 1.28 bits per heavy atom. The fourth-order valence-electron chi connectivity index (χ4n) is 1.35. The fraction of sp³-hybridized carbons (Fsp3) is 0.750. The number of hydrogen-bond donors (Lipinski definition) is 0. The second-order valence-electron chi connectivity index (χ2n) is 3.74. The summed E-state index contributed by atoms with van der Waals surface area (Å²) in [5.74, 6) is -2.95. The molecule has 0 heterocycles. The zero-order chi connectivity index (χ0) is 14.0. The highest BCUT2D eigenvalue weighted by Gasteiger charge is 2.33. The minimum Gasteiger partial charge on any atom is -0.465 e. The molecule has 6 nitrogen and oxygen atoms in total. The van der Waals surface area contributed by atoms with Crippen LogP contribution in [0.3, 0.4) is 0 Å². The van der Waals surface area contributed by atoms with E-state index in [1.54, 1.807) is 6.92 Å². The lowest BCUT2D eigenvalue weighted by Gasteiger charge is -2.16. The first-order chi connectivity index (χ1) is 8.58. The summed E-state index contributed by atoms with van der Waals surface area (Å²) in [7, 11) is 1.51. The van der Waals surface area contributed by atoms with Gasteiger partial charge >= 0.3 is 5.97 Å². The predicted octanol–water partition coefficient (Wildman–Crippen LogP) is 0.233. The van der Waals surface area contributed by atoms with E-state index in [9.17, 15) is 14.4 Å². The van der Waals surface area contributed by atoms with Gasteiger partial charge in [-0.15, -0.1) is 0 Å². The highest BCUT2D eigenvalue weighted by Crippen LogP contribution is 2.13. The molecule has 2 unspecified atom stereocenters. The highest BCUT2D eigenvalue weighted by molar-refractivity contribution is 6.01. The molecule has 0 radical (unpaired) electrons. The average molecular weight is 260 g/mol. The van der Waals surface area contributed by atoms with E-state index in [1.165, 1.54) is 14.0 Å². The number of carbonyl (C=O) groups is 3. The number of aldehydes is 1. The molecule has 0 aliphatic rings. The molecule has 0 rings (SSSR count). The number of methoxy groups -OCH3 is 1. The van der Waals surface area contributed by atoms with Crippen LogP contribution < -0.4 is 0 Å². The lowest BCUT2D eigenvalue weighted by molar-refractivity contribution is -0.156. The Labute approximate surface area is 107 Å². The second kappa shape index (κ2) is 9.73. The van der Waals surface area contributed by atoms with Crippen LogP contribution in [0.15, 0.2) is 0 Å². The third-order valence-corrected chi connectivity index (χ3v) is 2.30. The molecule has 2 atom stereocenters. The number of carbonyl (C=O) groups excluding carboxylic acids is 3. The highest BCUT2D eigenvalue weighted by atomic mass is 16.5. The van der Waals surface area contributed by atoms with E-state index in [0.717, 1.165) is 0 Å². The summed E-state index contributed by atoms with van der Waals surface area (Å²) < 4.78 is 14.6. The number of hydrogen-bond acceptors (Lipinski definition) is 6. The van der Waals surface area contributed by atoms with Crippen molar-refractivity contribution in [2.75, 3.05) is 33.5 Å². The van der Waals surface area contributed by atoms with Gasteiger partial charge in [-0.3, -0.25) is 9.59 Å². The van der Waals surface area contributed by atoms with Gasteiger partial charge in [-0.05, 0) is 6.92 Å². The lowest BCUT2D eigenvalue weighted by Crippen LogP contribution is -2.35. The van der Waals surface area contributed by atoms with E-state index in [2.05, 4.69) is 0 Å². The first-order valence-electron chi connectivity index (χ1n) is 5.79. The van der Waals surface area contributed by atoms with E-state index < -0.39 is 23.6 Å². The summed E-state index contributed by atoms with van der Waals surface area (Å²) in [6, 6.07) is 0. The van der Waals surface area contributed by atoms with Crippen LogP contribution in [-0.2, 0) is 28.6 Å². The van der Waals surface area contributed by atoms with Crippen LogP contribution in [0.25, 0.3) is 0 Å². The number of ether oxygens (including phenoxy) is 3. The minimum atomic E-state index is -1.09. The van der Waals surface area contributed by atoms with E-state index in [1.807, 2.05) is 0 Å². The molecule has 104 valence electrons. The quantitative estimate of drug-likeness (QED) is 0.242. The van der Waals surface area contributed by atoms with E-state index in [-0.39, 0.29) is 19.8 Å². The number of ketones is 1. The van der Waals surface area contributed by atoms with Gasteiger partial charge in [-0.2, -0.15) is 0 Å². The Hall–Kier alpha value is -1.27. The molecule has 0 saturated carbocycles. The second-order valence-corrected chi connectivity index (χ2v) is 3.74. The SMILES string of the molecule is CCOC(=O)C(C(=O)COCCOC)C(C)C=O. The van der Waals surface area contributed by atoms with Gasteiger partial charge < -0.3 is 19.0 Å². The van der Waals surface area contributed by atoms with Crippen molar-refractivity contribution in [2.24, 2.45) is 11.8 Å². The van der Waals surface area contributed by atoms with Gasteiger partial charge in [0.05, 0.1) is 19.8 Å². The van der Waals surface area contributed by atoms with E-state index in [4.69, 9.17) is 14.2 Å². The number of esters is 1. The Balaban J connectivity index is 4.41. The summed E-state index contributed by atoms with van der Waals surface area (Å²) in [5, 5.41) is 0. The van der Waals surface area contributed by atoms with Gasteiger partial charge in [0, 0.05) is 13.0 Å². The van der Waals surface area contributed by atoms with Gasteiger partial charge in [-0.25, -0.2) is 0 Å². The molecule has 0 aliphatic heterocycles. The minimum absolute atomic E-state index is 0.165. The smallest absolute Gasteiger partial charge is 0.317 e. The molecular weight excluding hydrogens is 240 g/mol. The van der Waals surface area contributed by atoms with Gasteiger partial charge in [-0.1, -0.05) is 6.92 Å². The zero-order valence-electron chi connectivity index (χ0n) is 11.0. The molecule has 0 spiro atoms. The van der Waals surface area contributed by atoms with E-state index >= 15 is 0 Å². The third kappa shape index (κ3) is 5.88. The van der Waals surface area contributed by atoms with Crippen LogP contribution in [0, 0.1) is 11.8 Å². The topological polar surface area (TPSA) is 78.9 Å². The molecule has 0 aliphatic carbocycles. The van der Waals surface area contributed by atoms with Crippen LogP contribution >= 0.6 is 0 Å². The third-order valence-electron chi connectivity index (χ3n) is 2.30. The monoisotopic (exact) mass is 260 g/mol. The Morgan fingerprint density at radius 3 is 2.44 bits per heavy atom. The van der Waals surface area contributed by atoms with Crippen LogP contribution in [0.2, 0.25) is 0 Å². The molecule has 0 N–H and O–H groups in total. The summed E-state index contributed by atoms with van der Waals surface area (Å²) in [5.41, 5.74) is 0. The lowest BCUT2D eigenvalue weighted by atomic mass is 9.91. The molecule has 18 heavy (non-hydrogen) atoms. The first kappa shape index (κ1) is 16.7. The van der Waals surface area contributed by atoms with Crippen molar-refractivity contribution in [3.8, 4) is 0 Å². The maximum Gasteiger partial charge on any atom is 0.317 e. The van der Waals surface area contributed by atoms with Gasteiger partial charge in [0.2, 0.25) is 0 Å². The van der Waals surface area contributed by atoms with Crippen molar-refractivity contribution in [1.29, 1.82) is 0 Å². The van der Waals surface area contributed by atoms with Gasteiger partial charge in [0.1, 0.15) is 18.8 Å². The van der Waals surface area contributed by atoms with Crippen molar-refractivity contribution in [1.82, 2.24) is 0 Å². The number of rotatable bonds is 10. The summed E-state index contributed by atoms with van der Waals surface area (Å²) in [6.45, 7) is 3.69. The standard InChI is InChI=1S/C12H20O6/c1-4-18-12(15)11(9(2)7-13)10(14)8-17-6-5-16-3/h7,9,11H,4-6,8H2,1-3H3. The van der Waals surface area contributed by atoms with Crippen molar-refractivity contribution in [3.05, 3.63) is 0 Å². The van der Waals surface area contributed by atoms with Gasteiger partial charge in [0.25, 0.3) is 0 Å². The molecule has 0 aromatic rings.